The maximum absolute atomic E-state index is 10.5. The van der Waals surface area contributed by atoms with Gasteiger partial charge in [0, 0.05) is 6.54 Å². The van der Waals surface area contributed by atoms with Gasteiger partial charge in [-0.3, -0.25) is 9.45 Å². The van der Waals surface area contributed by atoms with Gasteiger partial charge < -0.3 is 25.5 Å². The van der Waals surface area contributed by atoms with Crippen molar-refractivity contribution in [2.75, 3.05) is 26.1 Å². The Balaban J connectivity index is 4.35. The first-order chi connectivity index (χ1) is 8.08. The minimum atomic E-state index is -4.25. The monoisotopic (exact) mass is 289 g/mol. The van der Waals surface area contributed by atoms with Crippen LogP contribution in [0, 0.1) is 0 Å². The van der Waals surface area contributed by atoms with E-state index in [0.717, 1.165) is 4.90 Å². The summed E-state index contributed by atoms with van der Waals surface area (Å²) in [5.74, 6) is -0.755. The molecule has 0 aromatic carbocycles. The number of nitrogens with zero attached hydrogens (tertiary/aromatic N) is 1. The smallest absolute Gasteiger partial charge is 0.278 e. The second-order valence-electron chi connectivity index (χ2n) is 4.05. The van der Waals surface area contributed by atoms with Gasteiger partial charge in [0.05, 0.1) is 12.7 Å². The molecule has 0 saturated carbocycles. The lowest BCUT2D eigenvalue weighted by molar-refractivity contribution is -0.118. The lowest BCUT2D eigenvalue weighted by Crippen LogP contribution is -2.49. The van der Waals surface area contributed by atoms with Gasteiger partial charge in [-0.15, -0.1) is 0 Å². The van der Waals surface area contributed by atoms with E-state index in [1.165, 1.54) is 7.05 Å². The summed E-state index contributed by atoms with van der Waals surface area (Å²) in [6, 6.07) is 0. The van der Waals surface area contributed by atoms with E-state index in [0.29, 0.717) is 0 Å². The third-order valence-corrected chi connectivity index (χ3v) is 2.97. The summed E-state index contributed by atoms with van der Waals surface area (Å²) in [7, 11) is -2.99. The van der Waals surface area contributed by atoms with Gasteiger partial charge in [0.2, 0.25) is 0 Å². The molecule has 0 aromatic heterocycles. The summed E-state index contributed by atoms with van der Waals surface area (Å²) in [6.45, 7) is -1.16. The molecular formula is C8H19NO8S. The molecule has 0 heterocycles. The second kappa shape index (κ2) is 7.31. The number of aliphatic hydroxyl groups is 5. The first-order valence-corrected chi connectivity index (χ1v) is 6.66. The zero-order chi connectivity index (χ0) is 14.5. The van der Waals surface area contributed by atoms with Crippen LogP contribution in [0.25, 0.3) is 0 Å². The summed E-state index contributed by atoms with van der Waals surface area (Å²) in [6.07, 6.45) is -6.73. The van der Waals surface area contributed by atoms with E-state index >= 15 is 0 Å². The normalized spacial score (nSPS) is 19.6. The zero-order valence-corrected chi connectivity index (χ0v) is 10.6. The highest BCUT2D eigenvalue weighted by molar-refractivity contribution is 7.85. The van der Waals surface area contributed by atoms with Crippen LogP contribution < -0.4 is 0 Å². The lowest BCUT2D eigenvalue weighted by atomic mass is 10.0. The van der Waals surface area contributed by atoms with Crippen molar-refractivity contribution in [2.24, 2.45) is 0 Å². The summed E-state index contributed by atoms with van der Waals surface area (Å²) in [5.41, 5.74) is 0. The van der Waals surface area contributed by atoms with Crippen LogP contribution in [0.3, 0.4) is 0 Å². The lowest BCUT2D eigenvalue weighted by Gasteiger charge is -2.28. The number of aliphatic hydroxyl groups excluding tert-OH is 5. The molecule has 0 radical (unpaired) electrons. The van der Waals surface area contributed by atoms with E-state index in [9.17, 15) is 23.7 Å². The van der Waals surface area contributed by atoms with Gasteiger partial charge in [-0.2, -0.15) is 8.42 Å². The molecule has 0 bridgehead atoms. The topological polar surface area (TPSA) is 159 Å². The van der Waals surface area contributed by atoms with Crippen LogP contribution in [0.1, 0.15) is 0 Å². The fourth-order valence-corrected chi connectivity index (χ4v) is 1.98. The number of likely N-dealkylation sites (N-methyl/N-ethyl adjacent to an activating group) is 1. The van der Waals surface area contributed by atoms with Crippen LogP contribution >= 0.6 is 0 Å². The first kappa shape index (κ1) is 17.7. The molecule has 110 valence electrons. The Morgan fingerprint density at radius 2 is 1.50 bits per heavy atom. The molecule has 0 aromatic rings. The standard InChI is InChI=1S/C8H19NO8S/c1-9(4-18(15,16)17)2-5(11)7(13)8(14)6(12)3-10/h5-8,10-14H,2-4H2,1H3,(H,15,16,17)/t5-,6+,7+,8+/m0/s1. The minimum Gasteiger partial charge on any atom is -0.394 e. The molecule has 0 aliphatic heterocycles. The third kappa shape index (κ3) is 6.56. The van der Waals surface area contributed by atoms with Crippen LogP contribution in [-0.2, 0) is 10.1 Å². The molecular weight excluding hydrogens is 270 g/mol. The Hall–Kier alpha value is -0.330. The number of rotatable bonds is 8. The molecule has 9 nitrogen and oxygen atoms in total. The van der Waals surface area contributed by atoms with E-state index < -0.39 is 47.0 Å². The average Bonchev–Trinajstić information content (AvgIpc) is 2.22. The van der Waals surface area contributed by atoms with Crippen LogP contribution in [0.5, 0.6) is 0 Å². The SMILES string of the molecule is CN(C[C@H](O)[C@@H](O)[C@H](O)[C@H](O)CO)CS(=O)(=O)O. The summed E-state index contributed by atoms with van der Waals surface area (Å²) >= 11 is 0. The van der Waals surface area contributed by atoms with Crippen molar-refractivity contribution >= 4 is 10.1 Å². The van der Waals surface area contributed by atoms with E-state index in [-0.39, 0.29) is 6.54 Å². The quantitative estimate of drug-likeness (QED) is 0.246. The molecule has 0 saturated heterocycles. The molecule has 0 aliphatic carbocycles. The largest absolute Gasteiger partial charge is 0.394 e. The van der Waals surface area contributed by atoms with E-state index in [4.69, 9.17) is 14.8 Å². The van der Waals surface area contributed by atoms with E-state index in [1.807, 2.05) is 0 Å². The second-order valence-corrected chi connectivity index (χ2v) is 5.47. The van der Waals surface area contributed by atoms with Crippen molar-refractivity contribution in [1.82, 2.24) is 4.90 Å². The Kier molecular flexibility index (Phi) is 7.17. The highest BCUT2D eigenvalue weighted by Crippen LogP contribution is 2.06. The van der Waals surface area contributed by atoms with Gasteiger partial charge in [0.25, 0.3) is 10.1 Å². The Bertz CT molecular complexity index is 334. The third-order valence-electron chi connectivity index (χ3n) is 2.21. The minimum absolute atomic E-state index is 0.365. The van der Waals surface area contributed by atoms with Crippen molar-refractivity contribution in [1.29, 1.82) is 0 Å². The predicted octanol–water partition coefficient (Wildman–Crippen LogP) is -3.80. The van der Waals surface area contributed by atoms with Gasteiger partial charge in [0.15, 0.2) is 0 Å². The molecule has 0 unspecified atom stereocenters. The van der Waals surface area contributed by atoms with Gasteiger partial charge >= 0.3 is 0 Å². The fraction of sp³-hybridized carbons (Fsp3) is 1.00. The van der Waals surface area contributed by atoms with Gasteiger partial charge in [-0.25, -0.2) is 0 Å². The van der Waals surface area contributed by atoms with Crippen molar-refractivity contribution in [2.45, 2.75) is 24.4 Å². The number of hydrogen-bond acceptors (Lipinski definition) is 8. The van der Waals surface area contributed by atoms with Crippen molar-refractivity contribution in [3.8, 4) is 0 Å². The molecule has 0 rings (SSSR count). The molecule has 4 atom stereocenters. The van der Waals surface area contributed by atoms with Crippen LogP contribution in [-0.4, -0.2) is 93.9 Å². The van der Waals surface area contributed by atoms with Gasteiger partial charge in [-0.1, -0.05) is 0 Å². The fourth-order valence-electron chi connectivity index (χ4n) is 1.32. The van der Waals surface area contributed by atoms with Crippen molar-refractivity contribution in [3.63, 3.8) is 0 Å². The Morgan fingerprint density at radius 3 is 1.89 bits per heavy atom. The predicted molar refractivity (Wildman–Crippen MR) is 60.2 cm³/mol. The van der Waals surface area contributed by atoms with Gasteiger partial charge in [0.1, 0.15) is 24.2 Å². The van der Waals surface area contributed by atoms with Crippen molar-refractivity contribution in [3.05, 3.63) is 0 Å². The van der Waals surface area contributed by atoms with Crippen LogP contribution in [0.15, 0.2) is 0 Å². The van der Waals surface area contributed by atoms with E-state index in [2.05, 4.69) is 0 Å². The Morgan fingerprint density at radius 1 is 1.06 bits per heavy atom. The summed E-state index contributed by atoms with van der Waals surface area (Å²) in [4.78, 5) is 1.00. The molecule has 18 heavy (non-hydrogen) atoms. The molecule has 6 N–H and O–H groups in total. The number of hydrogen-bond donors (Lipinski definition) is 6. The van der Waals surface area contributed by atoms with Crippen molar-refractivity contribution < 1.29 is 38.5 Å². The highest BCUT2D eigenvalue weighted by atomic mass is 32.2. The molecule has 0 amide bonds. The highest BCUT2D eigenvalue weighted by Gasteiger charge is 2.30. The average molecular weight is 289 g/mol. The molecule has 10 heteroatoms. The molecule has 0 aliphatic rings. The molecule has 0 fully saturated rings. The Labute approximate surface area is 105 Å². The first-order valence-electron chi connectivity index (χ1n) is 5.05. The zero-order valence-electron chi connectivity index (χ0n) is 9.79. The van der Waals surface area contributed by atoms with E-state index in [1.54, 1.807) is 0 Å². The molecule has 0 spiro atoms. The van der Waals surface area contributed by atoms with Gasteiger partial charge in [-0.05, 0) is 7.05 Å². The maximum atomic E-state index is 10.5. The summed E-state index contributed by atoms with van der Waals surface area (Å²) in [5, 5.41) is 45.8. The maximum Gasteiger partial charge on any atom is 0.278 e. The van der Waals surface area contributed by atoms with Crippen LogP contribution in [0.2, 0.25) is 0 Å². The van der Waals surface area contributed by atoms with Crippen LogP contribution in [0.4, 0.5) is 0 Å². The summed E-state index contributed by atoms with van der Waals surface area (Å²) < 4.78 is 29.6.